The van der Waals surface area contributed by atoms with Crippen molar-refractivity contribution < 1.29 is 4.74 Å². The maximum absolute atomic E-state index is 6.34. The van der Waals surface area contributed by atoms with Crippen molar-refractivity contribution >= 4 is 5.57 Å². The number of fused-ring (bicyclic) bond motifs is 1. The molecule has 1 aromatic rings. The zero-order valence-electron chi connectivity index (χ0n) is 20.2. The Morgan fingerprint density at radius 2 is 1.48 bits per heavy atom. The van der Waals surface area contributed by atoms with Crippen LogP contribution in [0.3, 0.4) is 0 Å². The molecule has 0 radical (unpaired) electrons. The normalized spacial score (nSPS) is 17.0. The van der Waals surface area contributed by atoms with Gasteiger partial charge in [-0.1, -0.05) is 110 Å². The molecule has 2 rings (SSSR count). The lowest BCUT2D eigenvalue weighted by molar-refractivity contribution is 0.435. The minimum Gasteiger partial charge on any atom is -0.456 e. The van der Waals surface area contributed by atoms with Crippen LogP contribution in [-0.2, 0) is 0 Å². The van der Waals surface area contributed by atoms with Crippen molar-refractivity contribution in [3.8, 4) is 5.75 Å². The van der Waals surface area contributed by atoms with E-state index in [1.165, 1.54) is 0 Å². The Morgan fingerprint density at radius 1 is 0.758 bits per heavy atom. The number of benzene rings is 1. The molecule has 0 fully saturated rings. The van der Waals surface area contributed by atoms with Crippen LogP contribution in [0.2, 0.25) is 0 Å². The number of para-hydroxylation sites is 1. The summed E-state index contributed by atoms with van der Waals surface area (Å²) in [6.07, 6.45) is 28.3. The molecule has 1 heteroatoms. The summed E-state index contributed by atoms with van der Waals surface area (Å²) in [5.74, 6) is 1.65. The molecule has 1 aromatic carbocycles. The van der Waals surface area contributed by atoms with Crippen LogP contribution < -0.4 is 4.74 Å². The van der Waals surface area contributed by atoms with E-state index in [-0.39, 0.29) is 0 Å². The lowest BCUT2D eigenvalue weighted by Gasteiger charge is -2.27. The van der Waals surface area contributed by atoms with Crippen molar-refractivity contribution in [2.75, 3.05) is 0 Å². The van der Waals surface area contributed by atoms with Crippen LogP contribution in [0.15, 0.2) is 151 Å². The van der Waals surface area contributed by atoms with Crippen LogP contribution >= 0.6 is 0 Å². The fourth-order valence-electron chi connectivity index (χ4n) is 3.66. The SMILES string of the molecule is C=C\C=C/C(=C\C=C)/C(C(=C/C=C\C)/C=C\C)=C1C(/C=C\C)=C(/C=C\C)Oc2ccccc2/1. The third-order valence-corrected chi connectivity index (χ3v) is 4.91. The minimum absolute atomic E-state index is 0.818. The van der Waals surface area contributed by atoms with Gasteiger partial charge in [-0.05, 0) is 56.6 Å². The van der Waals surface area contributed by atoms with Crippen LogP contribution in [0.4, 0.5) is 0 Å². The Hall–Kier alpha value is -3.84. The maximum atomic E-state index is 6.34. The van der Waals surface area contributed by atoms with Crippen molar-refractivity contribution in [1.82, 2.24) is 0 Å². The first kappa shape index (κ1) is 25.4. The molecule has 1 aliphatic heterocycles. The molecule has 0 spiro atoms. The van der Waals surface area contributed by atoms with Gasteiger partial charge in [-0.3, -0.25) is 0 Å². The van der Waals surface area contributed by atoms with Crippen molar-refractivity contribution in [3.05, 3.63) is 156 Å². The fraction of sp³-hybridized carbons (Fsp3) is 0.125. The molecule has 0 N–H and O–H groups in total. The van der Waals surface area contributed by atoms with Crippen LogP contribution in [0.1, 0.15) is 33.3 Å². The predicted molar refractivity (Wildman–Crippen MR) is 146 cm³/mol. The van der Waals surface area contributed by atoms with Gasteiger partial charge in [0.2, 0.25) is 0 Å². The Morgan fingerprint density at radius 3 is 2.12 bits per heavy atom. The molecule has 0 aromatic heterocycles. The summed E-state index contributed by atoms with van der Waals surface area (Å²) < 4.78 is 6.34. The molecule has 0 bridgehead atoms. The van der Waals surface area contributed by atoms with Gasteiger partial charge in [0.15, 0.2) is 0 Å². The van der Waals surface area contributed by atoms with Gasteiger partial charge in [0.25, 0.3) is 0 Å². The summed E-state index contributed by atoms with van der Waals surface area (Å²) in [7, 11) is 0. The Labute approximate surface area is 199 Å². The molecule has 0 unspecified atom stereocenters. The van der Waals surface area contributed by atoms with Crippen LogP contribution in [-0.4, -0.2) is 0 Å². The second kappa shape index (κ2) is 13.5. The van der Waals surface area contributed by atoms with Gasteiger partial charge in [-0.15, -0.1) is 0 Å². The molecule has 0 saturated carbocycles. The van der Waals surface area contributed by atoms with Crippen molar-refractivity contribution in [1.29, 1.82) is 0 Å². The van der Waals surface area contributed by atoms with E-state index in [2.05, 4.69) is 67.8 Å². The third kappa shape index (κ3) is 6.33. The van der Waals surface area contributed by atoms with E-state index < -0.39 is 0 Å². The summed E-state index contributed by atoms with van der Waals surface area (Å²) in [5, 5.41) is 0. The Kier molecular flexibility index (Phi) is 10.4. The summed E-state index contributed by atoms with van der Waals surface area (Å²) >= 11 is 0. The van der Waals surface area contributed by atoms with Crippen LogP contribution in [0, 0.1) is 0 Å². The highest BCUT2D eigenvalue weighted by atomic mass is 16.5. The van der Waals surface area contributed by atoms with E-state index in [1.54, 1.807) is 6.08 Å². The maximum Gasteiger partial charge on any atom is 0.135 e. The third-order valence-electron chi connectivity index (χ3n) is 4.91. The zero-order chi connectivity index (χ0) is 24.1. The number of rotatable bonds is 9. The van der Waals surface area contributed by atoms with E-state index >= 15 is 0 Å². The monoisotopic (exact) mass is 434 g/mol. The molecule has 33 heavy (non-hydrogen) atoms. The highest BCUT2D eigenvalue weighted by Crippen LogP contribution is 2.45. The molecule has 0 amide bonds. The number of hydrogen-bond acceptors (Lipinski definition) is 1. The first-order valence-corrected chi connectivity index (χ1v) is 11.3. The van der Waals surface area contributed by atoms with Crippen molar-refractivity contribution in [2.24, 2.45) is 0 Å². The minimum atomic E-state index is 0.818. The molecule has 168 valence electrons. The summed E-state index contributed by atoms with van der Waals surface area (Å²) in [4.78, 5) is 0. The first-order chi connectivity index (χ1) is 16.2. The molecular formula is C32H34O. The van der Waals surface area contributed by atoms with E-state index in [9.17, 15) is 0 Å². The largest absolute Gasteiger partial charge is 0.456 e. The Bertz CT molecular complexity index is 1130. The van der Waals surface area contributed by atoms with Crippen molar-refractivity contribution in [3.63, 3.8) is 0 Å². The molecular weight excluding hydrogens is 400 g/mol. The van der Waals surface area contributed by atoms with Gasteiger partial charge in [0.1, 0.15) is 11.5 Å². The van der Waals surface area contributed by atoms with Gasteiger partial charge < -0.3 is 4.74 Å². The van der Waals surface area contributed by atoms with E-state index in [1.807, 2.05) is 76.3 Å². The molecule has 0 atom stereocenters. The number of allylic oxidation sites excluding steroid dienone is 19. The van der Waals surface area contributed by atoms with Gasteiger partial charge >= 0.3 is 0 Å². The smallest absolute Gasteiger partial charge is 0.135 e. The second-order valence-electron chi connectivity index (χ2n) is 7.23. The average Bonchev–Trinajstić information content (AvgIpc) is 2.82. The number of ether oxygens (including phenoxy) is 1. The predicted octanol–water partition coefficient (Wildman–Crippen LogP) is 9.17. The summed E-state index contributed by atoms with van der Waals surface area (Å²) in [6.45, 7) is 15.9. The highest BCUT2D eigenvalue weighted by Gasteiger charge is 2.26. The van der Waals surface area contributed by atoms with Gasteiger partial charge in [0, 0.05) is 16.7 Å². The van der Waals surface area contributed by atoms with Crippen LogP contribution in [0.5, 0.6) is 5.75 Å². The quantitative estimate of drug-likeness (QED) is 0.352. The molecule has 1 heterocycles. The van der Waals surface area contributed by atoms with Gasteiger partial charge in [-0.2, -0.15) is 0 Å². The lowest BCUT2D eigenvalue weighted by Crippen LogP contribution is -2.11. The van der Waals surface area contributed by atoms with E-state index in [4.69, 9.17) is 4.74 Å². The molecule has 0 aliphatic carbocycles. The topological polar surface area (TPSA) is 9.23 Å². The summed E-state index contributed by atoms with van der Waals surface area (Å²) in [5.41, 5.74) is 6.40. The van der Waals surface area contributed by atoms with Crippen molar-refractivity contribution in [2.45, 2.75) is 27.7 Å². The fourth-order valence-corrected chi connectivity index (χ4v) is 3.66. The second-order valence-corrected chi connectivity index (χ2v) is 7.23. The molecule has 1 aliphatic rings. The lowest BCUT2D eigenvalue weighted by atomic mass is 9.82. The zero-order valence-corrected chi connectivity index (χ0v) is 20.2. The van der Waals surface area contributed by atoms with Gasteiger partial charge in [0.05, 0.1) is 0 Å². The van der Waals surface area contributed by atoms with E-state index in [0.717, 1.165) is 44.9 Å². The standard InChI is InChI=1S/C32H34O/c1-7-13-21-25(17-9-3)31(26(18-10-4)22-14-8-2)32-27(19-11-5)29(20-12-6)33-30-24-16-15-23-28(30)32/h7-24H,1,3H2,2,4-6H3/b14-8-,18-10-,19-11-,20-12-,21-13-,25-17+,26-22+,32-31+. The van der Waals surface area contributed by atoms with Gasteiger partial charge in [-0.25, -0.2) is 0 Å². The average molecular weight is 435 g/mol. The summed E-state index contributed by atoms with van der Waals surface area (Å²) in [6, 6.07) is 8.19. The molecule has 1 nitrogen and oxygen atoms in total. The Balaban J connectivity index is 3.20. The highest BCUT2D eigenvalue weighted by molar-refractivity contribution is 5.94. The number of hydrogen-bond donors (Lipinski definition) is 0. The first-order valence-electron chi connectivity index (χ1n) is 11.3. The molecule has 0 saturated heterocycles. The van der Waals surface area contributed by atoms with Crippen LogP contribution in [0.25, 0.3) is 5.57 Å². The van der Waals surface area contributed by atoms with E-state index in [0.29, 0.717) is 0 Å².